The predicted molar refractivity (Wildman–Crippen MR) is 94.2 cm³/mol. The van der Waals surface area contributed by atoms with Crippen LogP contribution in [0, 0.1) is 0 Å². The largest absolute Gasteiger partial charge is 0.449 e. The number of aromatic nitrogens is 1. The summed E-state index contributed by atoms with van der Waals surface area (Å²) in [5.74, 6) is 0.707. The van der Waals surface area contributed by atoms with Gasteiger partial charge >= 0.3 is 6.09 Å². The van der Waals surface area contributed by atoms with Gasteiger partial charge in [0.1, 0.15) is 0 Å². The lowest BCUT2D eigenvalue weighted by atomic mass is 10.3. The Hall–Kier alpha value is -1.76. The van der Waals surface area contributed by atoms with Crippen LogP contribution in [0.5, 0.6) is 0 Å². The molecule has 23 heavy (non-hydrogen) atoms. The van der Waals surface area contributed by atoms with Crippen molar-refractivity contribution in [2.24, 2.45) is 4.99 Å². The predicted octanol–water partition coefficient (Wildman–Crippen LogP) is 2.99. The van der Waals surface area contributed by atoms with E-state index in [2.05, 4.69) is 21.8 Å². The average Bonchev–Trinajstić information content (AvgIpc) is 2.61. The zero-order chi connectivity index (χ0) is 16.5. The molecule has 1 amide bonds. The zero-order valence-electron chi connectivity index (χ0n) is 13.8. The summed E-state index contributed by atoms with van der Waals surface area (Å²) in [5.41, 5.74) is 0. The number of carbonyl (C=O) groups is 1. The average molecular weight is 336 g/mol. The number of piperazine rings is 1. The van der Waals surface area contributed by atoms with Crippen LogP contribution < -0.4 is 0 Å². The Balaban J connectivity index is 1.87. The molecule has 0 aliphatic carbocycles. The second-order valence-corrected chi connectivity index (χ2v) is 6.00. The number of pyridine rings is 1. The Morgan fingerprint density at radius 1 is 1.30 bits per heavy atom. The molecule has 2 heterocycles. The third kappa shape index (κ3) is 5.42. The van der Waals surface area contributed by atoms with E-state index in [1.807, 2.05) is 24.5 Å². The third-order valence-electron chi connectivity index (χ3n) is 3.57. The highest BCUT2D eigenvalue weighted by atomic mass is 32.2. The quantitative estimate of drug-likeness (QED) is 0.481. The minimum atomic E-state index is -0.203. The molecule has 0 unspecified atom stereocenters. The van der Waals surface area contributed by atoms with Crippen molar-refractivity contribution in [3.05, 3.63) is 24.4 Å². The second-order valence-electron chi connectivity index (χ2n) is 5.23. The van der Waals surface area contributed by atoms with Crippen molar-refractivity contribution in [1.82, 2.24) is 14.8 Å². The summed E-state index contributed by atoms with van der Waals surface area (Å²) >= 11 is 1.60. The molecular formula is C16H24N4O2S. The second kappa shape index (κ2) is 9.39. The van der Waals surface area contributed by atoms with E-state index in [0.717, 1.165) is 31.1 Å². The number of nitrogens with zero attached hydrogens (tertiary/aromatic N) is 4. The zero-order valence-corrected chi connectivity index (χ0v) is 14.6. The van der Waals surface area contributed by atoms with Crippen molar-refractivity contribution in [3.8, 4) is 0 Å². The molecule has 1 fully saturated rings. The first-order chi connectivity index (χ1) is 11.2. The number of amidine groups is 1. The molecule has 1 aliphatic heterocycles. The molecule has 0 radical (unpaired) electrons. The molecule has 1 aromatic heterocycles. The van der Waals surface area contributed by atoms with E-state index in [-0.39, 0.29) is 6.09 Å². The van der Waals surface area contributed by atoms with Gasteiger partial charge in [0, 0.05) is 32.4 Å². The monoisotopic (exact) mass is 336 g/mol. The Morgan fingerprint density at radius 2 is 2.04 bits per heavy atom. The highest BCUT2D eigenvalue weighted by molar-refractivity contribution is 8.13. The van der Waals surface area contributed by atoms with E-state index < -0.39 is 0 Å². The van der Waals surface area contributed by atoms with Crippen LogP contribution in [0.1, 0.15) is 19.8 Å². The summed E-state index contributed by atoms with van der Waals surface area (Å²) in [5, 5.41) is 0.933. The molecule has 0 spiro atoms. The SMILES string of the molecule is CCCCOC(=O)N1CCN(C(=Nc2ccccn2)SC)CC1. The maximum atomic E-state index is 11.9. The third-order valence-corrected chi connectivity index (χ3v) is 4.29. The normalized spacial score (nSPS) is 15.7. The number of unbranched alkanes of at least 4 members (excludes halogenated alkanes) is 1. The first kappa shape index (κ1) is 17.6. The minimum Gasteiger partial charge on any atom is -0.449 e. The van der Waals surface area contributed by atoms with Crippen LogP contribution in [0.3, 0.4) is 0 Å². The molecule has 126 valence electrons. The fourth-order valence-electron chi connectivity index (χ4n) is 2.24. The Kier molecular flexibility index (Phi) is 7.19. The molecular weight excluding hydrogens is 312 g/mol. The summed E-state index contributed by atoms with van der Waals surface area (Å²) in [6.07, 6.45) is 5.49. The summed E-state index contributed by atoms with van der Waals surface area (Å²) < 4.78 is 5.26. The van der Waals surface area contributed by atoms with Crippen molar-refractivity contribution >= 4 is 28.8 Å². The van der Waals surface area contributed by atoms with Crippen LogP contribution in [-0.4, -0.2) is 65.1 Å². The van der Waals surface area contributed by atoms with Crippen molar-refractivity contribution in [3.63, 3.8) is 0 Å². The Labute approximate surface area is 141 Å². The highest BCUT2D eigenvalue weighted by Gasteiger charge is 2.23. The van der Waals surface area contributed by atoms with E-state index in [9.17, 15) is 4.79 Å². The van der Waals surface area contributed by atoms with Gasteiger partial charge in [-0.1, -0.05) is 31.2 Å². The minimum absolute atomic E-state index is 0.203. The van der Waals surface area contributed by atoms with Gasteiger partial charge in [-0.15, -0.1) is 0 Å². The van der Waals surface area contributed by atoms with Crippen LogP contribution in [0.2, 0.25) is 0 Å². The van der Waals surface area contributed by atoms with Gasteiger partial charge in [-0.05, 0) is 24.8 Å². The summed E-state index contributed by atoms with van der Waals surface area (Å²) in [6, 6.07) is 5.69. The van der Waals surface area contributed by atoms with E-state index in [4.69, 9.17) is 4.74 Å². The number of rotatable bonds is 4. The molecule has 1 saturated heterocycles. The molecule has 0 bridgehead atoms. The molecule has 0 atom stereocenters. The van der Waals surface area contributed by atoms with Crippen molar-refractivity contribution in [1.29, 1.82) is 0 Å². The maximum Gasteiger partial charge on any atom is 0.409 e. The van der Waals surface area contributed by atoms with Gasteiger partial charge in [-0.25, -0.2) is 14.8 Å². The maximum absolute atomic E-state index is 11.9. The van der Waals surface area contributed by atoms with Gasteiger partial charge in [0.25, 0.3) is 0 Å². The number of thioether (sulfide) groups is 1. The molecule has 0 aromatic carbocycles. The highest BCUT2D eigenvalue weighted by Crippen LogP contribution is 2.15. The smallest absolute Gasteiger partial charge is 0.409 e. The van der Waals surface area contributed by atoms with Gasteiger partial charge in [-0.3, -0.25) is 0 Å². The van der Waals surface area contributed by atoms with E-state index >= 15 is 0 Å². The molecule has 2 rings (SSSR count). The first-order valence-electron chi connectivity index (χ1n) is 7.95. The van der Waals surface area contributed by atoms with Gasteiger partial charge < -0.3 is 14.5 Å². The Morgan fingerprint density at radius 3 is 2.65 bits per heavy atom. The van der Waals surface area contributed by atoms with E-state index in [0.29, 0.717) is 25.5 Å². The van der Waals surface area contributed by atoms with E-state index in [1.165, 1.54) is 0 Å². The van der Waals surface area contributed by atoms with Crippen LogP contribution in [0.25, 0.3) is 0 Å². The van der Waals surface area contributed by atoms with Crippen LogP contribution >= 0.6 is 11.8 Å². The van der Waals surface area contributed by atoms with Crippen LogP contribution in [0.4, 0.5) is 10.6 Å². The lowest BCUT2D eigenvalue weighted by molar-refractivity contribution is 0.0873. The molecule has 0 N–H and O–H groups in total. The fraction of sp³-hybridized carbons (Fsp3) is 0.562. The van der Waals surface area contributed by atoms with Gasteiger partial charge in [0.05, 0.1) is 6.61 Å². The number of amides is 1. The summed E-state index contributed by atoms with van der Waals surface area (Å²) in [6.45, 7) is 5.43. The molecule has 7 heteroatoms. The molecule has 1 aromatic rings. The lowest BCUT2D eigenvalue weighted by Gasteiger charge is -2.35. The number of aliphatic imine (C=N–C) groups is 1. The van der Waals surface area contributed by atoms with Crippen LogP contribution in [-0.2, 0) is 4.74 Å². The topological polar surface area (TPSA) is 58.0 Å². The van der Waals surface area contributed by atoms with Crippen LogP contribution in [0.15, 0.2) is 29.4 Å². The standard InChI is InChI=1S/C16H24N4O2S/c1-3-4-13-22-16(21)20-11-9-19(10-12-20)15(23-2)18-14-7-5-6-8-17-14/h5-8H,3-4,9-13H2,1-2H3. The Bertz CT molecular complexity index is 516. The summed E-state index contributed by atoms with van der Waals surface area (Å²) in [7, 11) is 0. The number of carbonyl (C=O) groups excluding carboxylic acids is 1. The van der Waals surface area contributed by atoms with Gasteiger partial charge in [-0.2, -0.15) is 0 Å². The lowest BCUT2D eigenvalue weighted by Crippen LogP contribution is -2.50. The fourth-order valence-corrected chi connectivity index (χ4v) is 2.86. The number of ether oxygens (including phenoxy) is 1. The molecule has 1 aliphatic rings. The van der Waals surface area contributed by atoms with E-state index in [1.54, 1.807) is 22.9 Å². The number of hydrogen-bond donors (Lipinski definition) is 0. The summed E-state index contributed by atoms with van der Waals surface area (Å²) in [4.78, 5) is 24.7. The van der Waals surface area contributed by atoms with Crippen molar-refractivity contribution in [2.75, 3.05) is 39.0 Å². The molecule has 0 saturated carbocycles. The molecule has 6 nitrogen and oxygen atoms in total. The number of hydrogen-bond acceptors (Lipinski definition) is 5. The first-order valence-corrected chi connectivity index (χ1v) is 9.17. The van der Waals surface area contributed by atoms with Gasteiger partial charge in [0.2, 0.25) is 0 Å². The van der Waals surface area contributed by atoms with Gasteiger partial charge in [0.15, 0.2) is 11.0 Å². The van der Waals surface area contributed by atoms with Crippen molar-refractivity contribution in [2.45, 2.75) is 19.8 Å². The van der Waals surface area contributed by atoms with Crippen molar-refractivity contribution < 1.29 is 9.53 Å².